The van der Waals surface area contributed by atoms with Crippen molar-refractivity contribution in [2.24, 2.45) is 5.18 Å². The second-order valence-electron chi connectivity index (χ2n) is 4.53. The molecule has 1 aliphatic carbocycles. The number of methoxy groups -OCH3 is 1. The molecule has 0 radical (unpaired) electrons. The monoisotopic (exact) mass is 271 g/mol. The summed E-state index contributed by atoms with van der Waals surface area (Å²) in [5, 5.41) is 13.6. The molecule has 5 nitrogen and oxygen atoms in total. The van der Waals surface area contributed by atoms with Crippen molar-refractivity contribution in [2.45, 2.75) is 12.8 Å². The van der Waals surface area contributed by atoms with Gasteiger partial charge >= 0.3 is 0 Å². The van der Waals surface area contributed by atoms with Crippen LogP contribution in [0.25, 0.3) is 23.0 Å². The van der Waals surface area contributed by atoms with Gasteiger partial charge < -0.3 is 14.3 Å². The quantitative estimate of drug-likeness (QED) is 0.871. The van der Waals surface area contributed by atoms with E-state index >= 15 is 0 Å². The van der Waals surface area contributed by atoms with Gasteiger partial charge in [0.05, 0.1) is 17.9 Å². The predicted octanol–water partition coefficient (Wildman–Crippen LogP) is 2.59. The highest BCUT2D eigenvalue weighted by molar-refractivity contribution is 5.76. The summed E-state index contributed by atoms with van der Waals surface area (Å²) < 4.78 is 10.5. The molecule has 0 bridgehead atoms. The van der Waals surface area contributed by atoms with Gasteiger partial charge in [0, 0.05) is 11.6 Å². The van der Waals surface area contributed by atoms with Crippen LogP contribution in [-0.4, -0.2) is 12.2 Å². The molecule has 3 rings (SSSR count). The molecule has 0 amide bonds. The van der Waals surface area contributed by atoms with Crippen LogP contribution in [0.1, 0.15) is 12.8 Å². The fraction of sp³-hybridized carbons (Fsp3) is 0.200. The van der Waals surface area contributed by atoms with Crippen molar-refractivity contribution in [2.75, 3.05) is 7.11 Å². The minimum Gasteiger partial charge on any atom is -0.512 e. The van der Waals surface area contributed by atoms with Crippen molar-refractivity contribution in [1.29, 1.82) is 0 Å². The van der Waals surface area contributed by atoms with Crippen LogP contribution >= 0.6 is 0 Å². The van der Waals surface area contributed by atoms with Gasteiger partial charge in [0.1, 0.15) is 16.9 Å². The van der Waals surface area contributed by atoms with Crippen LogP contribution in [0.15, 0.2) is 33.9 Å². The largest absolute Gasteiger partial charge is 0.512 e. The van der Waals surface area contributed by atoms with Crippen LogP contribution in [0, 0.1) is 4.91 Å². The summed E-state index contributed by atoms with van der Waals surface area (Å²) in [4.78, 5) is 11.0. The molecule has 0 fully saturated rings. The third kappa shape index (κ3) is 1.87. The highest BCUT2D eigenvalue weighted by atomic mass is 16.5. The second kappa shape index (κ2) is 4.85. The normalized spacial score (nSPS) is 13.6. The minimum atomic E-state index is -0.00938. The summed E-state index contributed by atoms with van der Waals surface area (Å²) in [7, 11) is 1.59. The van der Waals surface area contributed by atoms with Gasteiger partial charge in [-0.3, -0.25) is 0 Å². The zero-order valence-electron chi connectivity index (χ0n) is 10.9. The lowest BCUT2D eigenvalue weighted by Gasteiger charge is -2.04. The predicted molar refractivity (Wildman–Crippen MR) is 75.1 cm³/mol. The number of nitroso groups, excluding NO2 is 1. The van der Waals surface area contributed by atoms with E-state index in [0.29, 0.717) is 34.8 Å². The highest BCUT2D eigenvalue weighted by Gasteiger charge is 2.19. The number of rotatable bonds is 3. The number of benzene rings is 1. The number of aliphatic hydroxyl groups is 1. The molecule has 1 N–H and O–H groups in total. The van der Waals surface area contributed by atoms with E-state index in [1.165, 1.54) is 0 Å². The Kier molecular flexibility index (Phi) is 3.02. The Morgan fingerprint density at radius 2 is 2.05 bits per heavy atom. The van der Waals surface area contributed by atoms with Gasteiger partial charge in [-0.2, -0.15) is 0 Å². The van der Waals surface area contributed by atoms with E-state index in [-0.39, 0.29) is 11.6 Å². The van der Waals surface area contributed by atoms with Gasteiger partial charge in [0.15, 0.2) is 0 Å². The van der Waals surface area contributed by atoms with E-state index in [1.807, 2.05) is 6.08 Å². The highest BCUT2D eigenvalue weighted by Crippen LogP contribution is 2.29. The Morgan fingerprint density at radius 3 is 2.70 bits per heavy atom. The summed E-state index contributed by atoms with van der Waals surface area (Å²) in [6.45, 7) is 0. The van der Waals surface area contributed by atoms with E-state index < -0.39 is 0 Å². The number of hydrogen-bond acceptors (Lipinski definition) is 5. The molecule has 0 spiro atoms. The fourth-order valence-electron chi connectivity index (χ4n) is 2.42. The Morgan fingerprint density at radius 1 is 1.30 bits per heavy atom. The number of furan rings is 1. The maximum absolute atomic E-state index is 11.0. The Bertz CT molecular complexity index is 771. The zero-order chi connectivity index (χ0) is 14.1. The van der Waals surface area contributed by atoms with Crippen LogP contribution in [-0.2, 0) is 0 Å². The topological polar surface area (TPSA) is 72.0 Å². The Labute approximate surface area is 114 Å². The van der Waals surface area contributed by atoms with Crippen LogP contribution in [0.3, 0.4) is 0 Å². The van der Waals surface area contributed by atoms with Crippen molar-refractivity contribution in [3.05, 3.63) is 39.8 Å². The molecule has 0 unspecified atom stereocenters. The molecule has 1 heterocycles. The molecule has 20 heavy (non-hydrogen) atoms. The first-order valence-corrected chi connectivity index (χ1v) is 6.27. The molecule has 0 saturated carbocycles. The molecular formula is C15H13NO4. The van der Waals surface area contributed by atoms with E-state index in [0.717, 1.165) is 5.56 Å². The lowest BCUT2D eigenvalue weighted by atomic mass is 10.0. The average Bonchev–Trinajstić information content (AvgIpc) is 2.87. The maximum atomic E-state index is 11.0. The molecule has 0 atom stereocenters. The van der Waals surface area contributed by atoms with Crippen molar-refractivity contribution >= 4 is 17.7 Å². The van der Waals surface area contributed by atoms with Crippen LogP contribution in [0.4, 0.5) is 5.88 Å². The first-order chi connectivity index (χ1) is 9.74. The zero-order valence-corrected chi connectivity index (χ0v) is 10.9. The second-order valence-corrected chi connectivity index (χ2v) is 4.53. The fourth-order valence-corrected chi connectivity index (χ4v) is 2.42. The molecule has 5 heteroatoms. The average molecular weight is 271 g/mol. The number of hydrogen-bond donors (Lipinski definition) is 1. The summed E-state index contributed by atoms with van der Waals surface area (Å²) >= 11 is 0. The first kappa shape index (κ1) is 12.5. The summed E-state index contributed by atoms with van der Waals surface area (Å²) in [6, 6.07) is 7.18. The standard InChI is InChI=1S/C15H13NO4/c1-19-10-7-5-9(6-8-10)13-14-11(17)3-2-4-12(14)20-15(13)16-18/h4-8,17H,2-3H2,1H3. The number of nitrogens with zero attached hydrogens (tertiary/aromatic N) is 1. The smallest absolute Gasteiger partial charge is 0.269 e. The van der Waals surface area contributed by atoms with Gasteiger partial charge in [0.25, 0.3) is 5.88 Å². The summed E-state index contributed by atoms with van der Waals surface area (Å²) in [6.07, 6.45) is 3.08. The lowest BCUT2D eigenvalue weighted by Crippen LogP contribution is -2.27. The molecular weight excluding hydrogens is 258 g/mol. The molecule has 2 aromatic rings. The van der Waals surface area contributed by atoms with Gasteiger partial charge in [-0.15, -0.1) is 4.91 Å². The Balaban J connectivity index is 2.30. The molecule has 0 aliphatic heterocycles. The number of fused-ring (bicyclic) bond motifs is 1. The third-order valence-electron chi connectivity index (χ3n) is 3.38. The van der Waals surface area contributed by atoms with Crippen molar-refractivity contribution < 1.29 is 14.3 Å². The van der Waals surface area contributed by atoms with Gasteiger partial charge in [-0.05, 0) is 30.2 Å². The van der Waals surface area contributed by atoms with Gasteiger partial charge in [-0.1, -0.05) is 12.1 Å². The SMILES string of the molecule is COc1ccc(-c2c(N=O)oc3c2=C(O)CCC=3)cc1. The Hall–Kier alpha value is -2.56. The van der Waals surface area contributed by atoms with Crippen molar-refractivity contribution in [3.63, 3.8) is 0 Å². The molecule has 1 aliphatic rings. The van der Waals surface area contributed by atoms with E-state index in [9.17, 15) is 10.0 Å². The van der Waals surface area contributed by atoms with Crippen LogP contribution in [0.5, 0.6) is 5.75 Å². The summed E-state index contributed by atoms with van der Waals surface area (Å²) in [5.41, 5.74) is 1.80. The van der Waals surface area contributed by atoms with E-state index in [2.05, 4.69) is 5.18 Å². The number of aliphatic hydroxyl groups excluding tert-OH is 1. The van der Waals surface area contributed by atoms with E-state index in [4.69, 9.17) is 9.15 Å². The van der Waals surface area contributed by atoms with Gasteiger partial charge in [-0.25, -0.2) is 0 Å². The molecule has 1 aromatic heterocycles. The van der Waals surface area contributed by atoms with Crippen LogP contribution in [0.2, 0.25) is 0 Å². The summed E-state index contributed by atoms with van der Waals surface area (Å²) in [5.74, 6) is 0.934. The third-order valence-corrected chi connectivity index (χ3v) is 3.38. The van der Waals surface area contributed by atoms with Crippen molar-refractivity contribution in [1.82, 2.24) is 0 Å². The maximum Gasteiger partial charge on any atom is 0.269 e. The lowest BCUT2D eigenvalue weighted by molar-refractivity contribution is 0.415. The minimum absolute atomic E-state index is 0.00938. The van der Waals surface area contributed by atoms with Gasteiger partial charge in [0.2, 0.25) is 0 Å². The molecule has 1 aromatic carbocycles. The van der Waals surface area contributed by atoms with Crippen molar-refractivity contribution in [3.8, 4) is 16.9 Å². The first-order valence-electron chi connectivity index (χ1n) is 6.27. The van der Waals surface area contributed by atoms with Crippen LogP contribution < -0.4 is 15.4 Å². The molecule has 102 valence electrons. The van der Waals surface area contributed by atoms with E-state index in [1.54, 1.807) is 31.4 Å². The number of ether oxygens (including phenoxy) is 1. The molecule has 0 saturated heterocycles.